The minimum absolute atomic E-state index is 0.299. The van der Waals surface area contributed by atoms with Gasteiger partial charge in [-0.15, -0.1) is 0 Å². The van der Waals surface area contributed by atoms with E-state index in [9.17, 15) is 4.79 Å². The lowest BCUT2D eigenvalue weighted by molar-refractivity contribution is -0.127. The maximum atomic E-state index is 11.0. The van der Waals surface area contributed by atoms with E-state index in [0.29, 0.717) is 12.5 Å². The molecule has 2 N–H and O–H groups in total. The molecule has 1 aromatic rings. The van der Waals surface area contributed by atoms with Crippen LogP contribution in [0.25, 0.3) is 0 Å². The molecule has 5 heteroatoms. The van der Waals surface area contributed by atoms with Crippen molar-refractivity contribution in [3.63, 3.8) is 0 Å². The van der Waals surface area contributed by atoms with Crippen LogP contribution in [0.2, 0.25) is 0 Å². The zero-order valence-corrected chi connectivity index (χ0v) is 9.38. The monoisotopic (exact) mass is 222 g/mol. The number of carbonyl (C=O) groups is 1. The van der Waals surface area contributed by atoms with Gasteiger partial charge in [0.1, 0.15) is 0 Å². The van der Waals surface area contributed by atoms with Crippen molar-refractivity contribution in [2.75, 3.05) is 19.6 Å². The minimum Gasteiger partial charge on any atom is -0.343 e. The summed E-state index contributed by atoms with van der Waals surface area (Å²) in [4.78, 5) is 12.9. The van der Waals surface area contributed by atoms with Crippen molar-refractivity contribution >= 4 is 5.91 Å². The molecule has 16 heavy (non-hydrogen) atoms. The first-order chi connectivity index (χ1) is 7.84. The van der Waals surface area contributed by atoms with E-state index < -0.39 is 0 Å². The summed E-state index contributed by atoms with van der Waals surface area (Å²) in [6, 6.07) is 3.65. The Kier molecular flexibility index (Phi) is 6.10. The maximum absolute atomic E-state index is 11.0. The summed E-state index contributed by atoms with van der Waals surface area (Å²) in [5.74, 6) is 0.299. The zero-order chi connectivity index (χ0) is 11.6. The average molecular weight is 222 g/mol. The molecule has 0 unspecified atom stereocenters. The highest BCUT2D eigenvalue weighted by molar-refractivity contribution is 5.77. The van der Waals surface area contributed by atoms with Crippen LogP contribution in [-0.2, 0) is 4.79 Å². The Bertz CT molecular complexity index is 265. The fourth-order valence-corrected chi connectivity index (χ4v) is 1.48. The third-order valence-corrected chi connectivity index (χ3v) is 2.29. The maximum Gasteiger partial charge on any atom is 0.222 e. The number of nitrogens with zero attached hydrogens (tertiary/aromatic N) is 3. The molecule has 0 radical (unpaired) electrons. The van der Waals surface area contributed by atoms with Crippen LogP contribution >= 0.6 is 0 Å². The van der Waals surface area contributed by atoms with E-state index in [1.165, 1.54) is 0 Å². The summed E-state index contributed by atoms with van der Waals surface area (Å²) in [5, 5.41) is 7.07. The molecular weight excluding hydrogens is 204 g/mol. The normalized spacial score (nSPS) is 14.6. The molecule has 1 amide bonds. The predicted molar refractivity (Wildman–Crippen MR) is 61.5 cm³/mol. The van der Waals surface area contributed by atoms with Crippen molar-refractivity contribution in [2.45, 2.75) is 19.3 Å². The minimum atomic E-state index is 0.299. The fraction of sp³-hybridized carbons (Fsp3) is 0.545. The molecule has 0 bridgehead atoms. The quantitative estimate of drug-likeness (QED) is 0.805. The van der Waals surface area contributed by atoms with E-state index in [1.807, 2.05) is 17.0 Å². The molecule has 1 aromatic heterocycles. The molecule has 0 atom stereocenters. The van der Waals surface area contributed by atoms with Crippen molar-refractivity contribution < 1.29 is 4.79 Å². The van der Waals surface area contributed by atoms with Crippen molar-refractivity contribution in [1.82, 2.24) is 15.1 Å². The molecule has 0 saturated carbocycles. The largest absolute Gasteiger partial charge is 0.343 e. The molecule has 0 aliphatic carbocycles. The van der Waals surface area contributed by atoms with Crippen LogP contribution in [-0.4, -0.2) is 40.6 Å². The SMILES string of the molecule is NCCCN1CCCC1=O.c1ccnnc1. The number of hydrogen-bond acceptors (Lipinski definition) is 4. The number of likely N-dealkylation sites (tertiary alicyclic amines) is 1. The lowest BCUT2D eigenvalue weighted by Gasteiger charge is -2.13. The molecule has 2 heterocycles. The van der Waals surface area contributed by atoms with E-state index >= 15 is 0 Å². The molecule has 2 rings (SSSR count). The second-order valence-electron chi connectivity index (χ2n) is 3.54. The van der Waals surface area contributed by atoms with Gasteiger partial charge in [-0.3, -0.25) is 4.79 Å². The molecule has 5 nitrogen and oxygen atoms in total. The molecular formula is C11H18N4O. The fourth-order valence-electron chi connectivity index (χ4n) is 1.48. The molecule has 1 aliphatic rings. The van der Waals surface area contributed by atoms with Gasteiger partial charge in [0.15, 0.2) is 0 Å². The van der Waals surface area contributed by atoms with Crippen LogP contribution in [0.15, 0.2) is 24.5 Å². The van der Waals surface area contributed by atoms with E-state index in [1.54, 1.807) is 12.4 Å². The summed E-state index contributed by atoms with van der Waals surface area (Å²) in [6.07, 6.45) is 5.99. The van der Waals surface area contributed by atoms with Gasteiger partial charge in [0.05, 0.1) is 0 Å². The highest BCUT2D eigenvalue weighted by Gasteiger charge is 2.18. The van der Waals surface area contributed by atoms with Gasteiger partial charge in [-0.25, -0.2) is 0 Å². The molecule has 0 spiro atoms. The Labute approximate surface area is 95.7 Å². The van der Waals surface area contributed by atoms with E-state index in [2.05, 4.69) is 10.2 Å². The van der Waals surface area contributed by atoms with Gasteiger partial charge in [-0.05, 0) is 31.5 Å². The topological polar surface area (TPSA) is 72.1 Å². The van der Waals surface area contributed by atoms with Crippen LogP contribution in [0, 0.1) is 0 Å². The predicted octanol–water partition coefficient (Wildman–Crippen LogP) is 0.434. The van der Waals surface area contributed by atoms with Gasteiger partial charge in [-0.1, -0.05) is 0 Å². The van der Waals surface area contributed by atoms with Crippen molar-refractivity contribution in [1.29, 1.82) is 0 Å². The van der Waals surface area contributed by atoms with Crippen LogP contribution in [0.1, 0.15) is 19.3 Å². The highest BCUT2D eigenvalue weighted by atomic mass is 16.2. The van der Waals surface area contributed by atoms with Gasteiger partial charge < -0.3 is 10.6 Å². The van der Waals surface area contributed by atoms with Gasteiger partial charge in [0, 0.05) is 31.9 Å². The lowest BCUT2D eigenvalue weighted by atomic mass is 10.4. The number of amides is 1. The van der Waals surface area contributed by atoms with Crippen LogP contribution in [0.5, 0.6) is 0 Å². The van der Waals surface area contributed by atoms with Crippen LogP contribution in [0.4, 0.5) is 0 Å². The smallest absolute Gasteiger partial charge is 0.222 e. The first kappa shape index (κ1) is 12.6. The Morgan fingerprint density at radius 3 is 2.38 bits per heavy atom. The third kappa shape index (κ3) is 4.84. The van der Waals surface area contributed by atoms with Gasteiger partial charge in [0.25, 0.3) is 0 Å². The number of nitrogens with two attached hydrogens (primary N) is 1. The second-order valence-corrected chi connectivity index (χ2v) is 3.54. The Balaban J connectivity index is 0.000000181. The third-order valence-electron chi connectivity index (χ3n) is 2.29. The first-order valence-corrected chi connectivity index (χ1v) is 5.54. The Morgan fingerprint density at radius 1 is 1.31 bits per heavy atom. The molecule has 1 aliphatic heterocycles. The summed E-state index contributed by atoms with van der Waals surface area (Å²) < 4.78 is 0. The van der Waals surface area contributed by atoms with Gasteiger partial charge in [-0.2, -0.15) is 10.2 Å². The van der Waals surface area contributed by atoms with E-state index in [0.717, 1.165) is 32.4 Å². The van der Waals surface area contributed by atoms with E-state index in [4.69, 9.17) is 5.73 Å². The molecule has 0 aromatic carbocycles. The zero-order valence-electron chi connectivity index (χ0n) is 9.38. The van der Waals surface area contributed by atoms with Crippen LogP contribution < -0.4 is 5.73 Å². The number of hydrogen-bond donors (Lipinski definition) is 1. The van der Waals surface area contributed by atoms with Crippen LogP contribution in [0.3, 0.4) is 0 Å². The average Bonchev–Trinajstić information content (AvgIpc) is 2.75. The summed E-state index contributed by atoms with van der Waals surface area (Å²) in [7, 11) is 0. The molecule has 88 valence electrons. The highest BCUT2D eigenvalue weighted by Crippen LogP contribution is 2.08. The standard InChI is InChI=1S/C7H14N2O.C4H4N2/c8-4-2-6-9-5-1-3-7(9)10;1-2-4-6-5-3-1/h1-6,8H2;1-4H. The second kappa shape index (κ2) is 7.76. The first-order valence-electron chi connectivity index (χ1n) is 5.54. The Morgan fingerprint density at radius 2 is 2.00 bits per heavy atom. The van der Waals surface area contributed by atoms with Gasteiger partial charge >= 0.3 is 0 Å². The van der Waals surface area contributed by atoms with Crippen molar-refractivity contribution in [3.05, 3.63) is 24.5 Å². The number of carbonyl (C=O) groups excluding carboxylic acids is 1. The summed E-state index contributed by atoms with van der Waals surface area (Å²) in [6.45, 7) is 2.48. The Hall–Kier alpha value is -1.49. The van der Waals surface area contributed by atoms with Crippen molar-refractivity contribution in [2.24, 2.45) is 5.73 Å². The van der Waals surface area contributed by atoms with Gasteiger partial charge in [0.2, 0.25) is 5.91 Å². The molecule has 1 saturated heterocycles. The van der Waals surface area contributed by atoms with Crippen molar-refractivity contribution in [3.8, 4) is 0 Å². The number of aromatic nitrogens is 2. The van der Waals surface area contributed by atoms with E-state index in [-0.39, 0.29) is 0 Å². The molecule has 1 fully saturated rings. The lowest BCUT2D eigenvalue weighted by Crippen LogP contribution is -2.27. The summed E-state index contributed by atoms with van der Waals surface area (Å²) in [5.41, 5.74) is 5.31. The number of rotatable bonds is 3. The summed E-state index contributed by atoms with van der Waals surface area (Å²) >= 11 is 0.